The summed E-state index contributed by atoms with van der Waals surface area (Å²) < 4.78 is 68.1. The van der Waals surface area contributed by atoms with E-state index in [9.17, 15) is 43.2 Å². The van der Waals surface area contributed by atoms with Gasteiger partial charge in [0, 0.05) is 25.7 Å². The van der Waals surface area contributed by atoms with Gasteiger partial charge in [-0.15, -0.1) is 0 Å². The van der Waals surface area contributed by atoms with Gasteiger partial charge in [0.2, 0.25) is 0 Å². The Hall–Kier alpha value is -1.94. The quantitative estimate of drug-likeness (QED) is 0.0222. The molecular weight excluding hydrogens is 1150 g/mol. The summed E-state index contributed by atoms with van der Waals surface area (Å²) in [6.45, 7) is 13.9. The fourth-order valence-corrected chi connectivity index (χ4v) is 11.7. The van der Waals surface area contributed by atoms with E-state index in [1.165, 1.54) is 128 Å². The predicted octanol–water partition coefficient (Wildman–Crippen LogP) is 18.9. The molecule has 3 N–H and O–H groups in total. The molecule has 17 nitrogen and oxygen atoms in total. The maximum absolute atomic E-state index is 13.0. The van der Waals surface area contributed by atoms with E-state index in [1.807, 2.05) is 0 Å². The highest BCUT2D eigenvalue weighted by molar-refractivity contribution is 7.47. The monoisotopic (exact) mass is 1280 g/mol. The van der Waals surface area contributed by atoms with Crippen molar-refractivity contribution < 1.29 is 80.2 Å². The molecule has 516 valence electrons. The van der Waals surface area contributed by atoms with E-state index in [0.717, 1.165) is 108 Å². The molecule has 0 aromatic carbocycles. The second-order valence-electron chi connectivity index (χ2n) is 26.5. The average molecular weight is 1280 g/mol. The maximum atomic E-state index is 13.0. The minimum absolute atomic E-state index is 0.100. The zero-order valence-corrected chi connectivity index (χ0v) is 58.4. The van der Waals surface area contributed by atoms with Gasteiger partial charge in [-0.25, -0.2) is 9.13 Å². The Morgan fingerprint density at radius 1 is 0.287 bits per heavy atom. The van der Waals surface area contributed by atoms with Gasteiger partial charge in [-0.05, 0) is 49.4 Å². The highest BCUT2D eigenvalue weighted by Crippen LogP contribution is 2.45. The zero-order chi connectivity index (χ0) is 64.7. The summed E-state index contributed by atoms with van der Waals surface area (Å²) in [5.74, 6) is 0.739. The van der Waals surface area contributed by atoms with Crippen LogP contribution in [0.4, 0.5) is 0 Å². The molecule has 0 saturated heterocycles. The summed E-state index contributed by atoms with van der Waals surface area (Å²) in [5, 5.41) is 10.6. The molecule has 0 saturated carbocycles. The summed E-state index contributed by atoms with van der Waals surface area (Å²) in [5.41, 5.74) is 0. The highest BCUT2D eigenvalue weighted by atomic mass is 31.2. The Labute approximate surface area is 530 Å². The number of phosphoric ester groups is 2. The molecule has 0 radical (unpaired) electrons. The van der Waals surface area contributed by atoms with Crippen molar-refractivity contribution in [1.29, 1.82) is 0 Å². The van der Waals surface area contributed by atoms with Crippen LogP contribution in [0.15, 0.2) is 0 Å². The van der Waals surface area contributed by atoms with Gasteiger partial charge >= 0.3 is 39.5 Å². The van der Waals surface area contributed by atoms with Crippen molar-refractivity contribution in [2.24, 2.45) is 23.7 Å². The fraction of sp³-hybridized carbons (Fsp3) is 0.941. The molecule has 0 aromatic heterocycles. The first-order valence-electron chi connectivity index (χ1n) is 35.2. The first-order valence-corrected chi connectivity index (χ1v) is 38.2. The molecule has 0 aliphatic rings. The van der Waals surface area contributed by atoms with E-state index >= 15 is 0 Å². The van der Waals surface area contributed by atoms with Crippen molar-refractivity contribution in [2.75, 3.05) is 39.6 Å². The first kappa shape index (κ1) is 85.1. The van der Waals surface area contributed by atoms with Crippen molar-refractivity contribution in [3.63, 3.8) is 0 Å². The van der Waals surface area contributed by atoms with Crippen LogP contribution in [0.5, 0.6) is 0 Å². The normalized spacial score (nSPS) is 14.3. The van der Waals surface area contributed by atoms with Crippen LogP contribution in [0.2, 0.25) is 0 Å². The van der Waals surface area contributed by atoms with Crippen molar-refractivity contribution in [2.45, 2.75) is 350 Å². The number of carbonyl (C=O) groups excluding carboxylic acids is 4. The molecule has 0 amide bonds. The smallest absolute Gasteiger partial charge is 0.462 e. The van der Waals surface area contributed by atoms with E-state index in [0.29, 0.717) is 37.5 Å². The highest BCUT2D eigenvalue weighted by Gasteiger charge is 2.30. The number of phosphoric acid groups is 2. The van der Waals surface area contributed by atoms with Gasteiger partial charge in [0.05, 0.1) is 26.4 Å². The summed E-state index contributed by atoms with van der Waals surface area (Å²) in [4.78, 5) is 72.3. The minimum Gasteiger partial charge on any atom is -0.462 e. The lowest BCUT2D eigenvalue weighted by Crippen LogP contribution is -2.30. The Morgan fingerprint density at radius 3 is 0.713 bits per heavy atom. The third-order valence-electron chi connectivity index (χ3n) is 15.6. The van der Waals surface area contributed by atoms with Crippen LogP contribution >= 0.6 is 15.6 Å². The van der Waals surface area contributed by atoms with E-state index < -0.39 is 97.5 Å². The molecule has 0 aromatic rings. The van der Waals surface area contributed by atoms with E-state index in [1.54, 1.807) is 0 Å². The molecule has 0 bridgehead atoms. The predicted molar refractivity (Wildman–Crippen MR) is 349 cm³/mol. The molecule has 0 spiro atoms. The summed E-state index contributed by atoms with van der Waals surface area (Å²) in [6.07, 6.45) is 39.4. The summed E-state index contributed by atoms with van der Waals surface area (Å²) in [6, 6.07) is 0. The molecule has 87 heavy (non-hydrogen) atoms. The summed E-state index contributed by atoms with van der Waals surface area (Å²) in [7, 11) is -9.89. The Balaban J connectivity index is 5.20. The molecule has 0 aliphatic heterocycles. The standard InChI is InChI=1S/C68H132O17P2/c1-58(2)44-36-28-20-16-14-12-10-9-11-13-15-17-23-34-42-50-67(72)84-63(54-78-65(70)48-40-32-22-19-18-21-29-37-45-59(3)4)56-82-86(74,75)80-52-62(69)53-81-87(76,77)83-57-64(85-68(73)51-43-35-27-25-31-39-47-61(7)8)55-79-66(71)49-41-33-26-24-30-38-46-60(5)6/h58-64,69H,9-57H2,1-8H3,(H,74,75)(H,76,77)/t62-,63-,64-/m1/s1. The van der Waals surface area contributed by atoms with E-state index in [-0.39, 0.29) is 25.7 Å². The van der Waals surface area contributed by atoms with Gasteiger partial charge in [-0.2, -0.15) is 0 Å². The first-order chi connectivity index (χ1) is 41.6. The lowest BCUT2D eigenvalue weighted by molar-refractivity contribution is -0.161. The van der Waals surface area contributed by atoms with Gasteiger partial charge in [-0.1, -0.05) is 280 Å². The molecule has 19 heteroatoms. The van der Waals surface area contributed by atoms with Gasteiger partial charge in [0.1, 0.15) is 19.3 Å². The second-order valence-corrected chi connectivity index (χ2v) is 29.4. The van der Waals surface area contributed by atoms with Crippen LogP contribution < -0.4 is 0 Å². The van der Waals surface area contributed by atoms with Gasteiger partial charge < -0.3 is 33.8 Å². The van der Waals surface area contributed by atoms with E-state index in [2.05, 4.69) is 55.4 Å². The Bertz CT molecular complexity index is 1730. The van der Waals surface area contributed by atoms with Crippen molar-refractivity contribution in [3.8, 4) is 0 Å². The Kier molecular flexibility index (Phi) is 56.6. The number of ether oxygens (including phenoxy) is 4. The molecule has 2 unspecified atom stereocenters. The largest absolute Gasteiger partial charge is 0.472 e. The minimum atomic E-state index is -4.95. The molecule has 0 aliphatic carbocycles. The molecular formula is C68H132O17P2. The van der Waals surface area contributed by atoms with Gasteiger partial charge in [-0.3, -0.25) is 37.3 Å². The van der Waals surface area contributed by atoms with Crippen LogP contribution in [0.25, 0.3) is 0 Å². The third kappa shape index (κ3) is 62.6. The zero-order valence-electron chi connectivity index (χ0n) is 56.6. The van der Waals surface area contributed by atoms with Crippen LogP contribution in [0, 0.1) is 23.7 Å². The number of aliphatic hydroxyl groups is 1. The van der Waals surface area contributed by atoms with Gasteiger partial charge in [0.15, 0.2) is 12.2 Å². The lowest BCUT2D eigenvalue weighted by atomic mass is 10.0. The van der Waals surface area contributed by atoms with Crippen LogP contribution in [-0.4, -0.2) is 96.7 Å². The molecule has 0 heterocycles. The Morgan fingerprint density at radius 2 is 0.483 bits per heavy atom. The number of rotatable bonds is 65. The van der Waals surface area contributed by atoms with E-state index in [4.69, 9.17) is 37.0 Å². The maximum Gasteiger partial charge on any atom is 0.472 e. The summed E-state index contributed by atoms with van der Waals surface area (Å²) >= 11 is 0. The average Bonchev–Trinajstić information content (AvgIpc) is 3.56. The number of hydrogen-bond donors (Lipinski definition) is 3. The SMILES string of the molecule is CC(C)CCCCCCCCCCCCCCCCCC(=O)O[C@H](COC(=O)CCCCCCCCCCC(C)C)COP(=O)(O)OC[C@@H](O)COP(=O)(O)OC[C@@H](COC(=O)CCCCCCCCC(C)C)OC(=O)CCCCCCCCC(C)C. The van der Waals surface area contributed by atoms with Crippen molar-refractivity contribution >= 4 is 39.5 Å². The molecule has 0 fully saturated rings. The van der Waals surface area contributed by atoms with Crippen LogP contribution in [-0.2, 0) is 65.4 Å². The number of hydrogen-bond acceptors (Lipinski definition) is 15. The molecule has 5 atom stereocenters. The van der Waals surface area contributed by atoms with Gasteiger partial charge in [0.25, 0.3) is 0 Å². The second kappa shape index (κ2) is 57.9. The lowest BCUT2D eigenvalue weighted by Gasteiger charge is -2.21. The number of carbonyl (C=O) groups is 4. The van der Waals surface area contributed by atoms with Crippen molar-refractivity contribution in [3.05, 3.63) is 0 Å². The van der Waals surface area contributed by atoms with Crippen LogP contribution in [0.3, 0.4) is 0 Å². The molecule has 0 rings (SSSR count). The topological polar surface area (TPSA) is 237 Å². The van der Waals surface area contributed by atoms with Crippen LogP contribution in [0.1, 0.15) is 331 Å². The third-order valence-corrected chi connectivity index (χ3v) is 17.5. The van der Waals surface area contributed by atoms with Crippen molar-refractivity contribution in [1.82, 2.24) is 0 Å². The number of esters is 4. The fourth-order valence-electron chi connectivity index (χ4n) is 10.1. The number of aliphatic hydroxyl groups excluding tert-OH is 1. The number of unbranched alkanes of at least 4 members (excludes halogenated alkanes) is 31.